The number of esters is 1. The summed E-state index contributed by atoms with van der Waals surface area (Å²) in [6.45, 7) is 11.1. The van der Waals surface area contributed by atoms with Crippen molar-refractivity contribution in [2.75, 3.05) is 6.61 Å². The van der Waals surface area contributed by atoms with E-state index < -0.39 is 30.1 Å². The molecule has 0 bridgehead atoms. The normalized spacial score (nSPS) is 11.5. The topological polar surface area (TPSA) is 97.6 Å². The number of aryl methyl sites for hydroxylation is 1. The molecule has 152 valence electrons. The Hall–Kier alpha value is -2.83. The van der Waals surface area contributed by atoms with E-state index in [1.165, 1.54) is 11.8 Å². The van der Waals surface area contributed by atoms with Gasteiger partial charge in [-0.1, -0.05) is 13.8 Å². The molecule has 0 fully saturated rings. The molecular weight excluding hydrogens is 360 g/mol. The van der Waals surface area contributed by atoms with E-state index >= 15 is 0 Å². The maximum atomic E-state index is 12.1. The van der Waals surface area contributed by atoms with Gasteiger partial charge in [-0.2, -0.15) is 0 Å². The van der Waals surface area contributed by atoms with E-state index in [1.54, 1.807) is 20.8 Å². The lowest BCUT2D eigenvalue weighted by molar-refractivity contribution is -0.147. The van der Waals surface area contributed by atoms with Crippen LogP contribution in [0.15, 0.2) is 22.8 Å². The predicted molar refractivity (Wildman–Crippen MR) is 106 cm³/mol. The summed E-state index contributed by atoms with van der Waals surface area (Å²) in [4.78, 5) is 35.5. The first-order valence-corrected chi connectivity index (χ1v) is 9.24. The summed E-state index contributed by atoms with van der Waals surface area (Å²) in [5.74, 6) is -0.910. The van der Waals surface area contributed by atoms with Gasteiger partial charge in [-0.3, -0.25) is 14.9 Å². The zero-order valence-electron chi connectivity index (χ0n) is 17.3. The van der Waals surface area contributed by atoms with Crippen molar-refractivity contribution in [1.82, 2.24) is 10.6 Å². The molecule has 2 N–H and O–H groups in total. The second-order valence-corrected chi connectivity index (χ2v) is 8.21. The highest BCUT2D eigenvalue weighted by atomic mass is 16.5. The summed E-state index contributed by atoms with van der Waals surface area (Å²) in [5.41, 5.74) is 3.26. The number of furan rings is 1. The molecule has 3 amide bonds. The van der Waals surface area contributed by atoms with Crippen molar-refractivity contribution < 1.29 is 23.5 Å². The van der Waals surface area contributed by atoms with Gasteiger partial charge in [0.2, 0.25) is 0 Å². The lowest BCUT2D eigenvalue weighted by Gasteiger charge is -2.20. The number of hydrogen-bond acceptors (Lipinski definition) is 5. The van der Waals surface area contributed by atoms with Crippen molar-refractivity contribution in [2.45, 2.75) is 59.4 Å². The van der Waals surface area contributed by atoms with Gasteiger partial charge in [0.15, 0.2) is 6.61 Å². The molecule has 0 unspecified atom stereocenters. The quantitative estimate of drug-likeness (QED) is 0.763. The second kappa shape index (κ2) is 8.46. The monoisotopic (exact) mass is 388 g/mol. The van der Waals surface area contributed by atoms with Crippen molar-refractivity contribution >= 4 is 28.9 Å². The number of carbonyl (C=O) groups excluding carboxylic acids is 3. The zero-order valence-corrected chi connectivity index (χ0v) is 17.3. The largest absolute Gasteiger partial charge is 0.464 e. The van der Waals surface area contributed by atoms with Gasteiger partial charge in [-0.25, -0.2) is 4.79 Å². The fourth-order valence-corrected chi connectivity index (χ4v) is 2.89. The molecule has 1 aromatic carbocycles. The molecular formula is C21H28N2O5. The molecule has 7 nitrogen and oxygen atoms in total. The van der Waals surface area contributed by atoms with Crippen molar-refractivity contribution in [3.05, 3.63) is 35.1 Å². The molecule has 1 heterocycles. The molecule has 28 heavy (non-hydrogen) atoms. The second-order valence-electron chi connectivity index (χ2n) is 8.21. The average molecular weight is 388 g/mol. The number of imide groups is 1. The Morgan fingerprint density at radius 1 is 1.18 bits per heavy atom. The molecule has 0 spiro atoms. The number of urea groups is 1. The standard InChI is InChI=1S/C21H28N2O5/c1-12(2)15-9-16-14(10-27-17(16)7-13(15)3)8-19(25)28-11-18(24)22-20(26)23-21(4,5)6/h7,9-10,12H,8,11H2,1-6H3,(H2,22,23,24,26). The fraction of sp³-hybridized carbons (Fsp3) is 0.476. The number of fused-ring (bicyclic) bond motifs is 1. The summed E-state index contributed by atoms with van der Waals surface area (Å²) in [6.07, 6.45) is 1.52. The highest BCUT2D eigenvalue weighted by Crippen LogP contribution is 2.29. The van der Waals surface area contributed by atoms with Crippen molar-refractivity contribution in [2.24, 2.45) is 0 Å². The van der Waals surface area contributed by atoms with Crippen LogP contribution in [0.25, 0.3) is 11.0 Å². The summed E-state index contributed by atoms with van der Waals surface area (Å²) >= 11 is 0. The number of nitrogens with one attached hydrogen (secondary N) is 2. The van der Waals surface area contributed by atoms with Crippen LogP contribution in [0.3, 0.4) is 0 Å². The lowest BCUT2D eigenvalue weighted by Crippen LogP contribution is -2.49. The molecule has 0 aliphatic rings. The highest BCUT2D eigenvalue weighted by molar-refractivity contribution is 5.96. The lowest BCUT2D eigenvalue weighted by atomic mass is 9.95. The first-order valence-electron chi connectivity index (χ1n) is 9.24. The Morgan fingerprint density at radius 2 is 1.86 bits per heavy atom. The molecule has 0 aliphatic heterocycles. The number of rotatable bonds is 5. The van der Waals surface area contributed by atoms with E-state index in [1.807, 2.05) is 19.1 Å². The molecule has 1 aromatic heterocycles. The minimum atomic E-state index is -0.690. The van der Waals surface area contributed by atoms with Crippen molar-refractivity contribution in [3.8, 4) is 0 Å². The van der Waals surface area contributed by atoms with Crippen LogP contribution >= 0.6 is 0 Å². The third-order valence-electron chi connectivity index (χ3n) is 4.10. The van der Waals surface area contributed by atoms with E-state index in [0.29, 0.717) is 17.1 Å². The Labute approximate surface area is 164 Å². The minimum Gasteiger partial charge on any atom is -0.464 e. The van der Waals surface area contributed by atoms with Crippen molar-refractivity contribution in [1.29, 1.82) is 0 Å². The number of amides is 3. The zero-order chi connectivity index (χ0) is 21.1. The number of ether oxygens (including phenoxy) is 1. The molecule has 0 saturated carbocycles. The smallest absolute Gasteiger partial charge is 0.321 e. The van der Waals surface area contributed by atoms with E-state index in [4.69, 9.17) is 9.15 Å². The first kappa shape index (κ1) is 21.5. The molecule has 0 radical (unpaired) electrons. The fourth-order valence-electron chi connectivity index (χ4n) is 2.89. The minimum absolute atomic E-state index is 0.0188. The van der Waals surface area contributed by atoms with Crippen LogP contribution in [0, 0.1) is 6.92 Å². The van der Waals surface area contributed by atoms with E-state index in [-0.39, 0.29) is 6.42 Å². The van der Waals surface area contributed by atoms with Gasteiger partial charge in [-0.15, -0.1) is 0 Å². The summed E-state index contributed by atoms with van der Waals surface area (Å²) in [5, 5.41) is 5.57. The Balaban J connectivity index is 1.95. The van der Waals surface area contributed by atoms with Crippen LogP contribution in [0.5, 0.6) is 0 Å². The van der Waals surface area contributed by atoms with E-state index in [0.717, 1.165) is 10.9 Å². The van der Waals surface area contributed by atoms with Crippen LogP contribution in [0.1, 0.15) is 57.2 Å². The van der Waals surface area contributed by atoms with Crippen molar-refractivity contribution in [3.63, 3.8) is 0 Å². The van der Waals surface area contributed by atoms with E-state index in [2.05, 4.69) is 24.5 Å². The average Bonchev–Trinajstić information content (AvgIpc) is 2.91. The Kier molecular flexibility index (Phi) is 6.48. The summed E-state index contributed by atoms with van der Waals surface area (Å²) < 4.78 is 10.5. The van der Waals surface area contributed by atoms with Gasteiger partial charge < -0.3 is 14.5 Å². The third kappa shape index (κ3) is 5.84. The van der Waals surface area contributed by atoms with E-state index in [9.17, 15) is 14.4 Å². The molecule has 0 atom stereocenters. The number of hydrogen-bond donors (Lipinski definition) is 2. The SMILES string of the molecule is Cc1cc2occ(CC(=O)OCC(=O)NC(=O)NC(C)(C)C)c2cc1C(C)C. The summed E-state index contributed by atoms with van der Waals surface area (Å²) in [7, 11) is 0. The van der Waals surface area contributed by atoms with Gasteiger partial charge in [0.05, 0.1) is 12.7 Å². The molecule has 2 rings (SSSR count). The van der Waals surface area contributed by atoms with Crippen LogP contribution in [-0.4, -0.2) is 30.1 Å². The summed E-state index contributed by atoms with van der Waals surface area (Å²) in [6, 6.07) is 3.36. The molecule has 2 aromatic rings. The Morgan fingerprint density at radius 3 is 2.46 bits per heavy atom. The molecule has 7 heteroatoms. The maximum absolute atomic E-state index is 12.1. The highest BCUT2D eigenvalue weighted by Gasteiger charge is 2.18. The van der Waals surface area contributed by atoms with Crippen LogP contribution < -0.4 is 10.6 Å². The molecule has 0 saturated heterocycles. The van der Waals surface area contributed by atoms with Gasteiger partial charge in [0.1, 0.15) is 5.58 Å². The molecule has 0 aliphatic carbocycles. The van der Waals surface area contributed by atoms with Crippen LogP contribution in [-0.2, 0) is 20.7 Å². The van der Waals surface area contributed by atoms with Crippen LogP contribution in [0.4, 0.5) is 4.79 Å². The number of benzene rings is 1. The maximum Gasteiger partial charge on any atom is 0.321 e. The third-order valence-corrected chi connectivity index (χ3v) is 4.10. The van der Waals surface area contributed by atoms with Gasteiger partial charge in [0.25, 0.3) is 5.91 Å². The van der Waals surface area contributed by atoms with Gasteiger partial charge >= 0.3 is 12.0 Å². The van der Waals surface area contributed by atoms with Gasteiger partial charge in [0, 0.05) is 16.5 Å². The Bertz CT molecular complexity index is 890. The first-order chi connectivity index (χ1) is 13.0. The predicted octanol–water partition coefficient (Wildman–Crippen LogP) is 3.57. The van der Waals surface area contributed by atoms with Crippen LogP contribution in [0.2, 0.25) is 0 Å². The number of carbonyl (C=O) groups is 3. The van der Waals surface area contributed by atoms with Gasteiger partial charge in [-0.05, 0) is 56.9 Å².